The second-order valence-electron chi connectivity index (χ2n) is 7.01. The summed E-state index contributed by atoms with van der Waals surface area (Å²) >= 11 is 0. The third kappa shape index (κ3) is 4.44. The van der Waals surface area contributed by atoms with Gasteiger partial charge in [0.05, 0.1) is 0 Å². The van der Waals surface area contributed by atoms with E-state index in [2.05, 4.69) is 53.3 Å². The molecule has 2 aliphatic rings. The zero-order valence-electron chi connectivity index (χ0n) is 14.2. The number of hydrogen-bond donors (Lipinski definition) is 0. The molecule has 1 amide bonds. The molecule has 23 heavy (non-hydrogen) atoms. The Kier molecular flexibility index (Phi) is 5.50. The van der Waals surface area contributed by atoms with Gasteiger partial charge in [-0.05, 0) is 57.3 Å². The van der Waals surface area contributed by atoms with E-state index in [9.17, 15) is 4.79 Å². The summed E-state index contributed by atoms with van der Waals surface area (Å²) in [6, 6.07) is 10.5. The highest BCUT2D eigenvalue weighted by Crippen LogP contribution is 2.24. The fraction of sp³-hybridized carbons (Fsp3) is 0.550. The zero-order chi connectivity index (χ0) is 16.1. The molecule has 0 aliphatic carbocycles. The van der Waals surface area contributed by atoms with E-state index in [1.54, 1.807) is 0 Å². The second-order valence-corrected chi connectivity index (χ2v) is 7.01. The summed E-state index contributed by atoms with van der Waals surface area (Å²) in [5.41, 5.74) is 1.26. The molecule has 2 fully saturated rings. The van der Waals surface area contributed by atoms with Crippen molar-refractivity contribution in [2.75, 3.05) is 33.2 Å². The smallest absolute Gasteiger partial charge is 0.225 e. The van der Waals surface area contributed by atoms with Crippen LogP contribution in [0.3, 0.4) is 0 Å². The summed E-state index contributed by atoms with van der Waals surface area (Å²) in [6.07, 6.45) is 8.81. The molecule has 2 heterocycles. The van der Waals surface area contributed by atoms with E-state index >= 15 is 0 Å². The van der Waals surface area contributed by atoms with Crippen LogP contribution in [0.5, 0.6) is 0 Å². The third-order valence-corrected chi connectivity index (χ3v) is 5.28. The van der Waals surface area contributed by atoms with Gasteiger partial charge in [0.25, 0.3) is 0 Å². The average Bonchev–Trinajstić information content (AvgIpc) is 2.61. The first-order valence-electron chi connectivity index (χ1n) is 8.93. The van der Waals surface area contributed by atoms with Gasteiger partial charge in [-0.2, -0.15) is 0 Å². The number of carbonyl (C=O) groups excluding carboxylic acids is 1. The van der Waals surface area contributed by atoms with Crippen LogP contribution < -0.4 is 0 Å². The van der Waals surface area contributed by atoms with Crippen LogP contribution in [0.2, 0.25) is 0 Å². The molecule has 0 spiro atoms. The summed E-state index contributed by atoms with van der Waals surface area (Å²) in [5.74, 6) is 1.28. The molecule has 3 nitrogen and oxygen atoms in total. The number of benzene rings is 1. The molecule has 0 atom stereocenters. The minimum atomic E-state index is 0.266. The molecule has 0 aromatic heterocycles. The van der Waals surface area contributed by atoms with Gasteiger partial charge in [-0.25, -0.2) is 0 Å². The van der Waals surface area contributed by atoms with Crippen LogP contribution in [0.4, 0.5) is 0 Å². The van der Waals surface area contributed by atoms with Crippen LogP contribution >= 0.6 is 0 Å². The monoisotopic (exact) mass is 312 g/mol. The fourth-order valence-electron chi connectivity index (χ4n) is 3.64. The van der Waals surface area contributed by atoms with Crippen LogP contribution in [-0.2, 0) is 4.79 Å². The Balaban J connectivity index is 1.46. The van der Waals surface area contributed by atoms with Crippen molar-refractivity contribution < 1.29 is 4.79 Å². The van der Waals surface area contributed by atoms with Gasteiger partial charge in [-0.1, -0.05) is 42.5 Å². The molecular formula is C20H28N2O. The quantitative estimate of drug-likeness (QED) is 0.855. The molecule has 3 rings (SSSR count). The minimum absolute atomic E-state index is 0.266. The summed E-state index contributed by atoms with van der Waals surface area (Å²) in [5, 5.41) is 0. The molecule has 0 N–H and O–H groups in total. The van der Waals surface area contributed by atoms with Gasteiger partial charge < -0.3 is 9.80 Å². The number of allylic oxidation sites excluding steroid dienone is 1. The molecule has 2 saturated heterocycles. The Morgan fingerprint density at radius 1 is 1.00 bits per heavy atom. The molecule has 0 saturated carbocycles. The maximum Gasteiger partial charge on any atom is 0.225 e. The van der Waals surface area contributed by atoms with Crippen molar-refractivity contribution in [3.05, 3.63) is 42.0 Å². The van der Waals surface area contributed by atoms with Crippen LogP contribution in [0.25, 0.3) is 6.08 Å². The number of rotatable bonds is 3. The number of carbonyl (C=O) groups is 1. The second kappa shape index (κ2) is 7.78. The number of piperidine rings is 2. The molecular weight excluding hydrogens is 284 g/mol. The van der Waals surface area contributed by atoms with Gasteiger partial charge in [-0.3, -0.25) is 4.79 Å². The van der Waals surface area contributed by atoms with E-state index in [1.165, 1.54) is 5.56 Å². The SMILES string of the molecule is CN1CCC(C(=O)N2CCC(C=Cc3ccccc3)CC2)CC1. The van der Waals surface area contributed by atoms with Gasteiger partial charge in [0, 0.05) is 19.0 Å². The molecule has 1 aromatic rings. The van der Waals surface area contributed by atoms with Gasteiger partial charge in [-0.15, -0.1) is 0 Å². The van der Waals surface area contributed by atoms with E-state index < -0.39 is 0 Å². The number of hydrogen-bond acceptors (Lipinski definition) is 2. The Morgan fingerprint density at radius 2 is 1.65 bits per heavy atom. The van der Waals surface area contributed by atoms with Crippen LogP contribution in [-0.4, -0.2) is 48.9 Å². The molecule has 2 aliphatic heterocycles. The summed E-state index contributed by atoms with van der Waals surface area (Å²) in [6.45, 7) is 3.98. The first-order valence-corrected chi connectivity index (χ1v) is 8.93. The van der Waals surface area contributed by atoms with Crippen molar-refractivity contribution in [1.82, 2.24) is 9.80 Å². The topological polar surface area (TPSA) is 23.6 Å². The maximum absolute atomic E-state index is 12.6. The Bertz CT molecular complexity index is 524. The van der Waals surface area contributed by atoms with Crippen LogP contribution in [0, 0.1) is 11.8 Å². The standard InChI is InChI=1S/C20H28N2O/c1-21-13-11-19(12-14-21)20(23)22-15-9-18(10-16-22)8-7-17-5-3-2-4-6-17/h2-8,18-19H,9-16H2,1H3. The first kappa shape index (κ1) is 16.3. The van der Waals surface area contributed by atoms with Gasteiger partial charge >= 0.3 is 0 Å². The van der Waals surface area contributed by atoms with Crippen molar-refractivity contribution in [1.29, 1.82) is 0 Å². The predicted octanol–water partition coefficient (Wildman–Crippen LogP) is 3.28. The largest absolute Gasteiger partial charge is 0.342 e. The molecule has 124 valence electrons. The minimum Gasteiger partial charge on any atom is -0.342 e. The molecule has 0 radical (unpaired) electrons. The lowest BCUT2D eigenvalue weighted by Gasteiger charge is -2.36. The summed E-state index contributed by atoms with van der Waals surface area (Å²) in [7, 11) is 2.14. The van der Waals surface area contributed by atoms with Crippen molar-refractivity contribution in [2.45, 2.75) is 25.7 Å². The lowest BCUT2D eigenvalue weighted by Crippen LogP contribution is -2.44. The van der Waals surface area contributed by atoms with Crippen molar-refractivity contribution in [3.8, 4) is 0 Å². The Morgan fingerprint density at radius 3 is 2.30 bits per heavy atom. The summed E-state index contributed by atoms with van der Waals surface area (Å²) in [4.78, 5) is 17.1. The predicted molar refractivity (Wildman–Crippen MR) is 95.0 cm³/mol. The third-order valence-electron chi connectivity index (χ3n) is 5.28. The fourth-order valence-corrected chi connectivity index (χ4v) is 3.64. The van der Waals surface area contributed by atoms with Gasteiger partial charge in [0.15, 0.2) is 0 Å². The molecule has 1 aromatic carbocycles. The number of likely N-dealkylation sites (tertiary alicyclic amines) is 2. The highest BCUT2D eigenvalue weighted by molar-refractivity contribution is 5.79. The van der Waals surface area contributed by atoms with Crippen molar-refractivity contribution in [2.24, 2.45) is 11.8 Å². The number of amides is 1. The first-order chi connectivity index (χ1) is 11.2. The zero-order valence-corrected chi connectivity index (χ0v) is 14.2. The van der Waals surface area contributed by atoms with E-state index in [1.807, 2.05) is 6.07 Å². The van der Waals surface area contributed by atoms with E-state index in [0.717, 1.165) is 51.9 Å². The molecule has 0 bridgehead atoms. The van der Waals surface area contributed by atoms with Crippen molar-refractivity contribution in [3.63, 3.8) is 0 Å². The average molecular weight is 312 g/mol. The Hall–Kier alpha value is -1.61. The molecule has 3 heteroatoms. The maximum atomic E-state index is 12.6. The van der Waals surface area contributed by atoms with Crippen LogP contribution in [0.15, 0.2) is 36.4 Å². The molecule has 0 unspecified atom stereocenters. The summed E-state index contributed by atoms with van der Waals surface area (Å²) < 4.78 is 0. The highest BCUT2D eigenvalue weighted by atomic mass is 16.2. The van der Waals surface area contributed by atoms with E-state index in [-0.39, 0.29) is 5.92 Å². The highest BCUT2D eigenvalue weighted by Gasteiger charge is 2.29. The normalized spacial score (nSPS) is 21.9. The number of nitrogens with zero attached hydrogens (tertiary/aromatic N) is 2. The van der Waals surface area contributed by atoms with Crippen LogP contribution in [0.1, 0.15) is 31.2 Å². The van der Waals surface area contributed by atoms with E-state index in [4.69, 9.17) is 0 Å². The van der Waals surface area contributed by atoms with Gasteiger partial charge in [0.2, 0.25) is 5.91 Å². The van der Waals surface area contributed by atoms with Crippen molar-refractivity contribution >= 4 is 12.0 Å². The van der Waals surface area contributed by atoms with E-state index in [0.29, 0.717) is 11.8 Å². The lowest BCUT2D eigenvalue weighted by atomic mass is 9.92. The lowest BCUT2D eigenvalue weighted by molar-refractivity contribution is -0.138. The Labute approximate surface area is 140 Å². The van der Waals surface area contributed by atoms with Gasteiger partial charge in [0.1, 0.15) is 0 Å².